The first-order valence-electron chi connectivity index (χ1n) is 21.3. The van der Waals surface area contributed by atoms with Crippen LogP contribution in [0.4, 0.5) is 26.3 Å². The van der Waals surface area contributed by atoms with Gasteiger partial charge in [0.05, 0.1) is 11.1 Å². The lowest BCUT2D eigenvalue weighted by Gasteiger charge is -2.36. The van der Waals surface area contributed by atoms with E-state index >= 15 is 0 Å². The fraction of sp³-hybridized carbons (Fsp3) is 0.404. The Morgan fingerprint density at radius 2 is 0.891 bits per heavy atom. The van der Waals surface area contributed by atoms with E-state index in [0.29, 0.717) is 16.7 Å². The van der Waals surface area contributed by atoms with Crippen molar-refractivity contribution in [1.29, 1.82) is 0 Å². The number of fused-ring (bicyclic) bond motifs is 3. The van der Waals surface area contributed by atoms with Gasteiger partial charge in [-0.05, 0) is 92.4 Å². The maximum absolute atomic E-state index is 14.2. The van der Waals surface area contributed by atoms with Gasteiger partial charge < -0.3 is 13.1 Å². The molecule has 0 spiro atoms. The molecule has 1 aliphatic heterocycles. The number of hydrogen-bond donors (Lipinski definition) is 0. The first-order valence-corrected chi connectivity index (χ1v) is 22.4. The molecule has 12 heteroatoms. The van der Waals surface area contributed by atoms with E-state index in [0.717, 1.165) is 57.3 Å². The second-order valence-electron chi connectivity index (χ2n) is 20.8. The Morgan fingerprint density at radius 1 is 0.500 bits per heavy atom. The van der Waals surface area contributed by atoms with Gasteiger partial charge in [0.1, 0.15) is 23.8 Å². The molecule has 0 radical (unpaired) electrons. The van der Waals surface area contributed by atoms with Gasteiger partial charge in [-0.1, -0.05) is 138 Å². The summed E-state index contributed by atoms with van der Waals surface area (Å²) in [7, 11) is -2.62. The summed E-state index contributed by atoms with van der Waals surface area (Å²) in [4.78, 5) is 5.02. The van der Waals surface area contributed by atoms with Crippen molar-refractivity contribution in [1.82, 2.24) is 0 Å². The second-order valence-corrected chi connectivity index (χ2v) is 21.8. The monoisotopic (exact) mass is 903 g/mol. The lowest BCUT2D eigenvalue weighted by atomic mass is 9.77. The van der Waals surface area contributed by atoms with Crippen LogP contribution in [-0.4, -0.2) is 18.5 Å². The molecule has 0 bridgehead atoms. The van der Waals surface area contributed by atoms with Crippen LogP contribution in [0.15, 0.2) is 117 Å². The Labute approximate surface area is 372 Å². The van der Waals surface area contributed by atoms with E-state index in [4.69, 9.17) is 22.6 Å². The Balaban J connectivity index is 1.67. The normalized spacial score (nSPS) is 15.7. The first kappa shape index (κ1) is 47.0. The van der Waals surface area contributed by atoms with Crippen LogP contribution in [0.25, 0.3) is 21.9 Å². The predicted octanol–water partition coefficient (Wildman–Crippen LogP) is 15.7. The predicted molar refractivity (Wildman–Crippen MR) is 244 cm³/mol. The molecule has 5 nitrogen and oxygen atoms in total. The van der Waals surface area contributed by atoms with Gasteiger partial charge in [-0.2, -0.15) is 26.3 Å². The quantitative estimate of drug-likeness (QED) is 0.156. The Bertz CT molecular complexity index is 2590. The molecule has 0 unspecified atom stereocenters. The summed E-state index contributed by atoms with van der Waals surface area (Å²) >= 11 is 0. The van der Waals surface area contributed by atoms with Crippen LogP contribution in [0.5, 0.6) is 0 Å². The Kier molecular flexibility index (Phi) is 11.9. The zero-order chi connectivity index (χ0) is 47.0. The van der Waals surface area contributed by atoms with Crippen molar-refractivity contribution in [3.63, 3.8) is 0 Å². The van der Waals surface area contributed by atoms with Crippen molar-refractivity contribution in [2.24, 2.45) is 4.99 Å². The molecule has 1 aliphatic rings. The number of nitrogens with zero attached hydrogens (tertiary/aromatic N) is 1. The number of alkyl halides is 6. The third kappa shape index (κ3) is 9.26. The number of hydrogen-bond acceptors (Lipinski definition) is 5. The number of benzene rings is 5. The van der Waals surface area contributed by atoms with Crippen LogP contribution in [0.3, 0.4) is 0 Å². The minimum absolute atomic E-state index is 0.146. The highest BCUT2D eigenvalue weighted by Gasteiger charge is 2.50. The van der Waals surface area contributed by atoms with E-state index in [2.05, 4.69) is 107 Å². The van der Waals surface area contributed by atoms with Crippen LogP contribution in [0.1, 0.15) is 133 Å². The molecule has 0 aliphatic carbocycles. The molecule has 340 valence electrons. The molecule has 0 amide bonds. The standard InChI is InChI=1S/C52H56F6NO4P/c1-46(2,3)36-26-38-39-27-37(47(4,5)6)29-41(49(10,11)12)44(39)62-64(61-43(38)40(28-36)48(7,8)9)63-50(32-18-22-34(23-19-32)51(53,54)55,33-20-24-35(25-21-33)52(56,57)58)42-30-60-45(59-42)31-16-14-13-15-17-31/h13-29,42H,30H2,1-12H3/t42-/m0/s1. The molecule has 64 heavy (non-hydrogen) atoms. The number of rotatable bonds is 6. The molecular weight excluding hydrogens is 848 g/mol. The largest absolute Gasteiger partial charge is 0.475 e. The molecule has 0 N–H and O–H groups in total. The summed E-state index contributed by atoms with van der Waals surface area (Å²) in [5.74, 6) is 0.234. The van der Waals surface area contributed by atoms with Gasteiger partial charge in [-0.15, -0.1) is 0 Å². The van der Waals surface area contributed by atoms with Gasteiger partial charge in [-0.3, -0.25) is 4.52 Å². The molecule has 1 aromatic heterocycles. The number of aliphatic imine (C=N–C) groups is 1. The van der Waals surface area contributed by atoms with E-state index in [-0.39, 0.29) is 34.5 Å². The van der Waals surface area contributed by atoms with Crippen LogP contribution >= 0.6 is 8.24 Å². The van der Waals surface area contributed by atoms with Crippen molar-refractivity contribution in [2.75, 3.05) is 6.61 Å². The van der Waals surface area contributed by atoms with Gasteiger partial charge in [0, 0.05) is 27.5 Å². The van der Waals surface area contributed by atoms with Crippen LogP contribution in [-0.2, 0) is 44.4 Å². The number of halogens is 6. The van der Waals surface area contributed by atoms with Gasteiger partial charge in [0.25, 0.3) is 0 Å². The summed E-state index contributed by atoms with van der Waals surface area (Å²) in [5, 5.41) is 1.56. The molecule has 2 heterocycles. The van der Waals surface area contributed by atoms with Crippen molar-refractivity contribution in [3.8, 4) is 0 Å². The lowest BCUT2D eigenvalue weighted by molar-refractivity contribution is -0.138. The second kappa shape index (κ2) is 16.2. The maximum atomic E-state index is 14.2. The van der Waals surface area contributed by atoms with E-state index in [9.17, 15) is 26.3 Å². The van der Waals surface area contributed by atoms with Crippen molar-refractivity contribution in [3.05, 3.63) is 153 Å². The molecule has 0 saturated heterocycles. The van der Waals surface area contributed by atoms with Crippen LogP contribution in [0, 0.1) is 0 Å². The Hall–Kier alpha value is -4.99. The minimum Gasteiger partial charge on any atom is -0.475 e. The third-order valence-electron chi connectivity index (χ3n) is 11.8. The highest BCUT2D eigenvalue weighted by molar-refractivity contribution is 7.31. The molecular formula is C52H56F6NO4P. The summed E-state index contributed by atoms with van der Waals surface area (Å²) in [5.41, 5.74) is 0.503. The maximum Gasteiger partial charge on any atom is 0.416 e. The van der Waals surface area contributed by atoms with Crippen molar-refractivity contribution in [2.45, 2.75) is 129 Å². The molecule has 7 rings (SSSR count). The zero-order valence-electron chi connectivity index (χ0n) is 38.4. The average molecular weight is 904 g/mol. The fourth-order valence-corrected chi connectivity index (χ4v) is 9.38. The topological polar surface area (TPSA) is 57.1 Å². The van der Waals surface area contributed by atoms with Crippen molar-refractivity contribution >= 4 is 36.1 Å². The smallest absolute Gasteiger partial charge is 0.416 e. The zero-order valence-corrected chi connectivity index (χ0v) is 39.3. The third-order valence-corrected chi connectivity index (χ3v) is 12.9. The van der Waals surface area contributed by atoms with E-state index in [1.807, 2.05) is 18.2 Å². The molecule has 0 fully saturated rings. The van der Waals surface area contributed by atoms with Gasteiger partial charge in [0.15, 0.2) is 5.60 Å². The van der Waals surface area contributed by atoms with Gasteiger partial charge in [0.2, 0.25) is 5.90 Å². The first-order chi connectivity index (χ1) is 29.5. The molecule has 0 saturated carbocycles. The van der Waals surface area contributed by atoms with Gasteiger partial charge >= 0.3 is 20.6 Å². The van der Waals surface area contributed by atoms with Crippen LogP contribution in [0.2, 0.25) is 0 Å². The molecule has 1 atom stereocenters. The van der Waals surface area contributed by atoms with E-state index in [1.54, 1.807) is 12.1 Å². The average Bonchev–Trinajstić information content (AvgIpc) is 3.63. The SMILES string of the molecule is CC(C)(C)c1cc(C(C)(C)C)c2op(OC(c3ccc(C(F)(F)F)cc3)(c3ccc(C(F)(F)F)cc3)[C@@H]3COC(c4ccccc4)=N3)oc3c(C(C)(C)C)cc(C(C)(C)C)cc3c2c1. The highest BCUT2D eigenvalue weighted by atomic mass is 31.1. The summed E-state index contributed by atoms with van der Waals surface area (Å²) < 4.78 is 113. The molecule has 6 aromatic rings. The summed E-state index contributed by atoms with van der Waals surface area (Å²) in [6.07, 6.45) is -9.36. The highest BCUT2D eigenvalue weighted by Crippen LogP contribution is 2.50. The van der Waals surface area contributed by atoms with Gasteiger partial charge in [-0.25, -0.2) is 4.99 Å². The van der Waals surface area contributed by atoms with E-state index in [1.165, 1.54) is 24.3 Å². The fourth-order valence-electron chi connectivity index (χ4n) is 8.01. The minimum atomic E-state index is -4.68. The molecule has 5 aromatic carbocycles. The Morgan fingerprint density at radius 3 is 1.25 bits per heavy atom. The van der Waals surface area contributed by atoms with Crippen LogP contribution < -0.4 is 4.52 Å². The summed E-state index contributed by atoms with van der Waals surface area (Å²) in [6, 6.07) is 25.3. The van der Waals surface area contributed by atoms with Crippen molar-refractivity contribution < 1.29 is 44.0 Å². The van der Waals surface area contributed by atoms with E-state index < -0.39 is 54.2 Å². The number of ether oxygens (including phenoxy) is 1. The summed E-state index contributed by atoms with van der Waals surface area (Å²) in [6.45, 7) is 25.3. The lowest BCUT2D eigenvalue weighted by Crippen LogP contribution is -2.45.